The Morgan fingerprint density at radius 2 is 2.12 bits per heavy atom. The molecule has 4 nitrogen and oxygen atoms in total. The van der Waals surface area contributed by atoms with Crippen LogP contribution in [0.15, 0.2) is 0 Å². The zero-order chi connectivity index (χ0) is 11.6. The fourth-order valence-electron chi connectivity index (χ4n) is 2.22. The second kappa shape index (κ2) is 8.93. The van der Waals surface area contributed by atoms with Crippen molar-refractivity contribution in [3.05, 3.63) is 0 Å². The first-order chi connectivity index (χ1) is 7.86. The van der Waals surface area contributed by atoms with Gasteiger partial charge in [-0.2, -0.15) is 0 Å². The number of hydrogen-bond acceptors (Lipinski definition) is 4. The van der Waals surface area contributed by atoms with Gasteiger partial charge in [0, 0.05) is 19.8 Å². The molecule has 0 aromatic carbocycles. The summed E-state index contributed by atoms with van der Waals surface area (Å²) >= 11 is 0. The number of methoxy groups -OCH3 is 1. The van der Waals surface area contributed by atoms with Crippen molar-refractivity contribution in [1.82, 2.24) is 10.2 Å². The van der Waals surface area contributed by atoms with Crippen molar-refractivity contribution >= 4 is 0 Å². The molecule has 16 heavy (non-hydrogen) atoms. The van der Waals surface area contributed by atoms with Crippen LogP contribution in [0.1, 0.15) is 25.7 Å². The molecule has 2 N–H and O–H groups in total. The molecule has 0 amide bonds. The number of likely N-dealkylation sites (tertiary alicyclic amines) is 1. The van der Waals surface area contributed by atoms with E-state index < -0.39 is 0 Å². The third-order valence-corrected chi connectivity index (χ3v) is 3.13. The number of nitrogens with one attached hydrogen (secondary N) is 1. The Morgan fingerprint density at radius 1 is 1.38 bits per heavy atom. The highest BCUT2D eigenvalue weighted by Crippen LogP contribution is 2.06. The van der Waals surface area contributed by atoms with Crippen molar-refractivity contribution < 1.29 is 9.84 Å². The molecular formula is C12H26N2O2. The molecule has 0 aromatic heterocycles. The van der Waals surface area contributed by atoms with Crippen molar-refractivity contribution in [2.24, 2.45) is 0 Å². The molecule has 1 atom stereocenters. The van der Waals surface area contributed by atoms with Crippen molar-refractivity contribution in [3.63, 3.8) is 0 Å². The lowest BCUT2D eigenvalue weighted by Gasteiger charge is -2.18. The van der Waals surface area contributed by atoms with E-state index in [1.807, 2.05) is 0 Å². The van der Waals surface area contributed by atoms with E-state index in [0.717, 1.165) is 13.0 Å². The van der Waals surface area contributed by atoms with E-state index in [4.69, 9.17) is 9.84 Å². The van der Waals surface area contributed by atoms with Crippen molar-refractivity contribution in [1.29, 1.82) is 0 Å². The number of rotatable bonds is 9. The van der Waals surface area contributed by atoms with Crippen LogP contribution in [0.25, 0.3) is 0 Å². The van der Waals surface area contributed by atoms with Gasteiger partial charge in [-0.05, 0) is 51.9 Å². The Kier molecular flexibility index (Phi) is 7.76. The highest BCUT2D eigenvalue weighted by atomic mass is 16.5. The molecule has 0 aliphatic carbocycles. The fourth-order valence-corrected chi connectivity index (χ4v) is 2.22. The number of hydrogen-bond donors (Lipinski definition) is 2. The lowest BCUT2D eigenvalue weighted by molar-refractivity contribution is 0.148. The van der Waals surface area contributed by atoms with Crippen LogP contribution in [-0.2, 0) is 4.74 Å². The minimum atomic E-state index is 0.229. The lowest BCUT2D eigenvalue weighted by atomic mass is 10.2. The van der Waals surface area contributed by atoms with Gasteiger partial charge in [0.05, 0.1) is 6.61 Å². The van der Waals surface area contributed by atoms with Crippen LogP contribution in [0.4, 0.5) is 0 Å². The van der Waals surface area contributed by atoms with E-state index in [1.165, 1.54) is 38.9 Å². The van der Waals surface area contributed by atoms with Crippen molar-refractivity contribution in [3.8, 4) is 0 Å². The molecule has 0 bridgehead atoms. The van der Waals surface area contributed by atoms with Gasteiger partial charge >= 0.3 is 0 Å². The van der Waals surface area contributed by atoms with Gasteiger partial charge in [0.25, 0.3) is 0 Å². The van der Waals surface area contributed by atoms with Gasteiger partial charge in [-0.25, -0.2) is 0 Å². The lowest BCUT2D eigenvalue weighted by Crippen LogP contribution is -2.36. The van der Waals surface area contributed by atoms with Crippen LogP contribution in [0.3, 0.4) is 0 Å². The van der Waals surface area contributed by atoms with E-state index in [9.17, 15) is 0 Å². The second-order valence-electron chi connectivity index (χ2n) is 4.52. The van der Waals surface area contributed by atoms with Crippen LogP contribution >= 0.6 is 0 Å². The molecule has 1 heterocycles. The zero-order valence-electron chi connectivity index (χ0n) is 10.5. The minimum absolute atomic E-state index is 0.229. The average molecular weight is 230 g/mol. The minimum Gasteiger partial charge on any atom is -0.396 e. The van der Waals surface area contributed by atoms with E-state index in [-0.39, 0.29) is 6.61 Å². The first-order valence-corrected chi connectivity index (χ1v) is 6.42. The van der Waals surface area contributed by atoms with Gasteiger partial charge in [0.2, 0.25) is 0 Å². The van der Waals surface area contributed by atoms with Crippen LogP contribution in [0.5, 0.6) is 0 Å². The molecule has 1 aliphatic rings. The van der Waals surface area contributed by atoms with E-state index in [1.54, 1.807) is 7.11 Å². The maximum Gasteiger partial charge on any atom is 0.0616 e. The molecule has 1 unspecified atom stereocenters. The summed E-state index contributed by atoms with van der Waals surface area (Å²) < 4.78 is 5.10. The molecule has 0 aromatic rings. The van der Waals surface area contributed by atoms with Gasteiger partial charge in [-0.15, -0.1) is 0 Å². The summed E-state index contributed by atoms with van der Waals surface area (Å²) in [6.07, 6.45) is 4.69. The molecule has 1 saturated heterocycles. The summed E-state index contributed by atoms with van der Waals surface area (Å²) in [6.45, 7) is 5.68. The summed E-state index contributed by atoms with van der Waals surface area (Å²) in [6, 6.07) is 0.300. The summed E-state index contributed by atoms with van der Waals surface area (Å²) in [5.41, 5.74) is 0. The molecule has 96 valence electrons. The van der Waals surface area contributed by atoms with Gasteiger partial charge < -0.3 is 20.1 Å². The fraction of sp³-hybridized carbons (Fsp3) is 1.00. The third-order valence-electron chi connectivity index (χ3n) is 3.13. The predicted molar refractivity (Wildman–Crippen MR) is 65.7 cm³/mol. The van der Waals surface area contributed by atoms with Gasteiger partial charge in [-0.1, -0.05) is 0 Å². The second-order valence-corrected chi connectivity index (χ2v) is 4.52. The monoisotopic (exact) mass is 230 g/mol. The Labute approximate surface area is 99.0 Å². The smallest absolute Gasteiger partial charge is 0.0616 e. The number of ether oxygens (including phenoxy) is 1. The molecule has 0 radical (unpaired) electrons. The first-order valence-electron chi connectivity index (χ1n) is 6.42. The highest BCUT2D eigenvalue weighted by Gasteiger charge is 2.11. The largest absolute Gasteiger partial charge is 0.396 e. The van der Waals surface area contributed by atoms with Crippen molar-refractivity contribution in [2.75, 3.05) is 46.5 Å². The van der Waals surface area contributed by atoms with Crippen molar-refractivity contribution in [2.45, 2.75) is 31.7 Å². The van der Waals surface area contributed by atoms with E-state index in [2.05, 4.69) is 10.2 Å². The summed E-state index contributed by atoms with van der Waals surface area (Å²) in [5.74, 6) is 0. The number of aliphatic hydroxyl groups is 1. The maximum atomic E-state index is 8.89. The Balaban J connectivity index is 1.98. The highest BCUT2D eigenvalue weighted by molar-refractivity contribution is 4.69. The SMILES string of the molecule is COCC(CCO)NCCCN1CCCC1. The topological polar surface area (TPSA) is 44.7 Å². The first kappa shape index (κ1) is 13.9. The summed E-state index contributed by atoms with van der Waals surface area (Å²) in [5, 5.41) is 12.3. The molecule has 4 heteroatoms. The summed E-state index contributed by atoms with van der Waals surface area (Å²) in [4.78, 5) is 2.53. The standard InChI is InChI=1S/C12H26N2O2/c1-16-11-12(5-10-15)13-6-4-9-14-7-2-3-8-14/h12-13,15H,2-11H2,1H3. The molecular weight excluding hydrogens is 204 g/mol. The molecule has 0 saturated carbocycles. The number of nitrogens with zero attached hydrogens (tertiary/aromatic N) is 1. The van der Waals surface area contributed by atoms with Crippen LogP contribution < -0.4 is 5.32 Å². The van der Waals surface area contributed by atoms with Gasteiger partial charge in [-0.3, -0.25) is 0 Å². The molecule has 1 fully saturated rings. The van der Waals surface area contributed by atoms with Gasteiger partial charge in [0.15, 0.2) is 0 Å². The molecule has 1 rings (SSSR count). The summed E-state index contributed by atoms with van der Waals surface area (Å²) in [7, 11) is 1.70. The van der Waals surface area contributed by atoms with Crippen LogP contribution in [0.2, 0.25) is 0 Å². The van der Waals surface area contributed by atoms with E-state index >= 15 is 0 Å². The van der Waals surface area contributed by atoms with Crippen LogP contribution in [0, 0.1) is 0 Å². The maximum absolute atomic E-state index is 8.89. The average Bonchev–Trinajstić information content (AvgIpc) is 2.78. The predicted octanol–water partition coefficient (Wildman–Crippen LogP) is 0.459. The third kappa shape index (κ3) is 5.80. The normalized spacial score (nSPS) is 19.1. The Hall–Kier alpha value is -0.160. The Bertz CT molecular complexity index is 155. The Morgan fingerprint density at radius 3 is 2.75 bits per heavy atom. The zero-order valence-corrected chi connectivity index (χ0v) is 10.5. The molecule has 1 aliphatic heterocycles. The van der Waals surface area contributed by atoms with Crippen LogP contribution in [-0.4, -0.2) is 62.6 Å². The van der Waals surface area contributed by atoms with Gasteiger partial charge in [0.1, 0.15) is 0 Å². The van der Waals surface area contributed by atoms with E-state index in [0.29, 0.717) is 12.6 Å². The number of aliphatic hydroxyl groups excluding tert-OH is 1. The quantitative estimate of drug-likeness (QED) is 0.565. The molecule has 0 spiro atoms.